The number of nitrogens with one attached hydrogen (secondary N) is 2. The molecule has 7 heteroatoms. The summed E-state index contributed by atoms with van der Waals surface area (Å²) < 4.78 is 6.22. The van der Waals surface area contributed by atoms with E-state index in [0.29, 0.717) is 5.75 Å². The SMILES string of the molecule is COc1cccc(C=NNC(=O)CCC(=O)Nc2ccc(I)cc2C)c1. The Labute approximate surface area is 166 Å². The first-order valence-corrected chi connectivity index (χ1v) is 9.08. The molecule has 0 aliphatic rings. The Morgan fingerprint density at radius 2 is 1.92 bits per heavy atom. The first-order chi connectivity index (χ1) is 12.5. The van der Waals surface area contributed by atoms with Gasteiger partial charge in [-0.3, -0.25) is 9.59 Å². The molecule has 6 nitrogen and oxygen atoms in total. The van der Waals surface area contributed by atoms with Gasteiger partial charge in [0.25, 0.3) is 0 Å². The van der Waals surface area contributed by atoms with E-state index in [1.54, 1.807) is 13.2 Å². The number of amides is 2. The lowest BCUT2D eigenvalue weighted by Gasteiger charge is -2.08. The number of benzene rings is 2. The maximum Gasteiger partial charge on any atom is 0.240 e. The largest absolute Gasteiger partial charge is 0.497 e. The van der Waals surface area contributed by atoms with Gasteiger partial charge in [0, 0.05) is 22.1 Å². The Kier molecular flexibility index (Phi) is 7.58. The highest BCUT2D eigenvalue weighted by molar-refractivity contribution is 14.1. The van der Waals surface area contributed by atoms with Crippen LogP contribution in [0.25, 0.3) is 0 Å². The van der Waals surface area contributed by atoms with Crippen LogP contribution in [0.1, 0.15) is 24.0 Å². The van der Waals surface area contributed by atoms with Crippen LogP contribution in [0.2, 0.25) is 0 Å². The monoisotopic (exact) mass is 465 g/mol. The smallest absolute Gasteiger partial charge is 0.240 e. The van der Waals surface area contributed by atoms with Crippen LogP contribution >= 0.6 is 22.6 Å². The first-order valence-electron chi connectivity index (χ1n) is 8.00. The fourth-order valence-corrected chi connectivity index (χ4v) is 2.81. The lowest BCUT2D eigenvalue weighted by molar-refractivity contribution is -0.124. The first kappa shape index (κ1) is 19.9. The van der Waals surface area contributed by atoms with Crippen molar-refractivity contribution >= 4 is 46.3 Å². The maximum atomic E-state index is 12.0. The van der Waals surface area contributed by atoms with Gasteiger partial charge in [0.2, 0.25) is 11.8 Å². The number of hydrogen-bond acceptors (Lipinski definition) is 4. The van der Waals surface area contributed by atoms with E-state index in [1.165, 1.54) is 6.21 Å². The van der Waals surface area contributed by atoms with Crippen LogP contribution in [0.3, 0.4) is 0 Å². The highest BCUT2D eigenvalue weighted by atomic mass is 127. The van der Waals surface area contributed by atoms with Gasteiger partial charge in [-0.25, -0.2) is 5.43 Å². The topological polar surface area (TPSA) is 79.8 Å². The van der Waals surface area contributed by atoms with E-state index in [1.807, 2.05) is 43.3 Å². The number of ether oxygens (including phenoxy) is 1. The summed E-state index contributed by atoms with van der Waals surface area (Å²) in [5.41, 5.74) is 4.96. The van der Waals surface area contributed by atoms with Gasteiger partial charge in [-0.15, -0.1) is 0 Å². The highest BCUT2D eigenvalue weighted by Gasteiger charge is 2.08. The van der Waals surface area contributed by atoms with Gasteiger partial charge in [-0.2, -0.15) is 5.10 Å². The zero-order valence-electron chi connectivity index (χ0n) is 14.6. The standard InChI is InChI=1S/C19H20IN3O3/c1-13-10-15(20)6-7-17(13)22-18(24)8-9-19(25)23-21-12-14-4-3-5-16(11-14)26-2/h3-7,10-12H,8-9H2,1-2H3,(H,22,24)(H,23,25). The molecular weight excluding hydrogens is 445 g/mol. The lowest BCUT2D eigenvalue weighted by Crippen LogP contribution is -2.20. The Morgan fingerprint density at radius 1 is 1.15 bits per heavy atom. The van der Waals surface area contributed by atoms with Crippen LogP contribution in [-0.2, 0) is 9.59 Å². The number of hydrazone groups is 1. The predicted molar refractivity (Wildman–Crippen MR) is 110 cm³/mol. The van der Waals surface area contributed by atoms with Crippen LogP contribution in [0, 0.1) is 10.5 Å². The van der Waals surface area contributed by atoms with Gasteiger partial charge >= 0.3 is 0 Å². The number of halogens is 1. The molecule has 2 rings (SSSR count). The van der Waals surface area contributed by atoms with Gasteiger partial charge in [0.05, 0.1) is 13.3 Å². The molecule has 0 saturated heterocycles. The molecule has 0 spiro atoms. The zero-order chi connectivity index (χ0) is 18.9. The summed E-state index contributed by atoms with van der Waals surface area (Å²) in [5, 5.41) is 6.70. The Morgan fingerprint density at radius 3 is 2.65 bits per heavy atom. The number of anilines is 1. The third-order valence-electron chi connectivity index (χ3n) is 3.54. The summed E-state index contributed by atoms with van der Waals surface area (Å²) in [6.07, 6.45) is 1.67. The molecule has 0 fully saturated rings. The molecule has 136 valence electrons. The summed E-state index contributed by atoms with van der Waals surface area (Å²) in [7, 11) is 1.58. The van der Waals surface area contributed by atoms with Crippen LogP contribution in [0.4, 0.5) is 5.69 Å². The molecule has 2 aromatic rings. The summed E-state index contributed by atoms with van der Waals surface area (Å²) in [5.74, 6) is 0.183. The second-order valence-corrected chi connectivity index (χ2v) is 6.82. The Balaban J connectivity index is 1.77. The third kappa shape index (κ3) is 6.47. The highest BCUT2D eigenvalue weighted by Crippen LogP contribution is 2.18. The van der Waals surface area contributed by atoms with Crippen molar-refractivity contribution in [2.75, 3.05) is 12.4 Å². The van der Waals surface area contributed by atoms with Gasteiger partial charge in [0.1, 0.15) is 5.75 Å². The molecule has 2 aromatic carbocycles. The quantitative estimate of drug-likeness (QED) is 0.374. The van der Waals surface area contributed by atoms with Crippen LogP contribution in [0.15, 0.2) is 47.6 Å². The van der Waals surface area contributed by atoms with E-state index in [4.69, 9.17) is 4.74 Å². The molecular formula is C19H20IN3O3. The van der Waals surface area contributed by atoms with E-state index in [2.05, 4.69) is 38.4 Å². The molecule has 0 unspecified atom stereocenters. The molecule has 0 bridgehead atoms. The van der Waals surface area contributed by atoms with E-state index in [9.17, 15) is 9.59 Å². The summed E-state index contributed by atoms with van der Waals surface area (Å²) >= 11 is 2.22. The van der Waals surface area contributed by atoms with E-state index in [-0.39, 0.29) is 24.7 Å². The lowest BCUT2D eigenvalue weighted by atomic mass is 10.2. The fraction of sp³-hybridized carbons (Fsp3) is 0.211. The summed E-state index contributed by atoms with van der Waals surface area (Å²) in [6, 6.07) is 13.1. The molecule has 0 aliphatic carbocycles. The molecule has 0 radical (unpaired) electrons. The molecule has 26 heavy (non-hydrogen) atoms. The average molecular weight is 465 g/mol. The zero-order valence-corrected chi connectivity index (χ0v) is 16.7. The van der Waals surface area contributed by atoms with Crippen molar-refractivity contribution < 1.29 is 14.3 Å². The van der Waals surface area contributed by atoms with E-state index >= 15 is 0 Å². The number of methoxy groups -OCH3 is 1. The Bertz CT molecular complexity index is 821. The van der Waals surface area contributed by atoms with Crippen molar-refractivity contribution in [3.8, 4) is 5.75 Å². The minimum atomic E-state index is -0.321. The number of nitrogens with zero attached hydrogens (tertiary/aromatic N) is 1. The minimum absolute atomic E-state index is 0.0602. The van der Waals surface area contributed by atoms with Crippen molar-refractivity contribution in [3.05, 3.63) is 57.2 Å². The van der Waals surface area contributed by atoms with Crippen LogP contribution in [-0.4, -0.2) is 25.1 Å². The predicted octanol–water partition coefficient (Wildman–Crippen LogP) is 3.48. The minimum Gasteiger partial charge on any atom is -0.497 e. The van der Waals surface area contributed by atoms with E-state index in [0.717, 1.165) is 20.4 Å². The molecule has 0 atom stereocenters. The average Bonchev–Trinajstić information content (AvgIpc) is 2.62. The van der Waals surface area contributed by atoms with Gasteiger partial charge < -0.3 is 10.1 Å². The second-order valence-electron chi connectivity index (χ2n) is 5.58. The third-order valence-corrected chi connectivity index (χ3v) is 4.21. The molecule has 0 aliphatic heterocycles. The normalized spacial score (nSPS) is 10.6. The summed E-state index contributed by atoms with van der Waals surface area (Å²) in [4.78, 5) is 23.8. The number of carbonyl (C=O) groups is 2. The van der Waals surface area contributed by atoms with Gasteiger partial charge in [-0.05, 0) is 71.0 Å². The molecule has 0 heterocycles. The van der Waals surface area contributed by atoms with Gasteiger partial charge in [-0.1, -0.05) is 12.1 Å². The van der Waals surface area contributed by atoms with Crippen LogP contribution < -0.4 is 15.5 Å². The number of carbonyl (C=O) groups excluding carboxylic acids is 2. The number of hydrogen-bond donors (Lipinski definition) is 2. The van der Waals surface area contributed by atoms with Crippen molar-refractivity contribution in [3.63, 3.8) is 0 Å². The number of aryl methyl sites for hydroxylation is 1. The molecule has 0 saturated carbocycles. The molecule has 0 aromatic heterocycles. The van der Waals surface area contributed by atoms with Gasteiger partial charge in [0.15, 0.2) is 0 Å². The molecule has 2 amide bonds. The van der Waals surface area contributed by atoms with Crippen LogP contribution in [0.5, 0.6) is 5.75 Å². The molecule has 2 N–H and O–H groups in total. The maximum absolute atomic E-state index is 12.0. The van der Waals surface area contributed by atoms with Crippen molar-refractivity contribution in [1.29, 1.82) is 0 Å². The fourth-order valence-electron chi connectivity index (χ4n) is 2.16. The van der Waals surface area contributed by atoms with Crippen molar-refractivity contribution in [2.24, 2.45) is 5.10 Å². The summed E-state index contributed by atoms with van der Waals surface area (Å²) in [6.45, 7) is 1.93. The van der Waals surface area contributed by atoms with Crippen molar-refractivity contribution in [1.82, 2.24) is 5.43 Å². The number of rotatable bonds is 7. The van der Waals surface area contributed by atoms with Crippen molar-refractivity contribution in [2.45, 2.75) is 19.8 Å². The Hall–Kier alpha value is -2.42. The van der Waals surface area contributed by atoms with E-state index < -0.39 is 0 Å². The second kappa shape index (κ2) is 9.91.